The first kappa shape index (κ1) is 22.1. The Hall–Kier alpha value is -3.06. The van der Waals surface area contributed by atoms with Gasteiger partial charge in [-0.15, -0.1) is 0 Å². The Morgan fingerprint density at radius 3 is 2.28 bits per heavy atom. The molecule has 6 nitrogen and oxygen atoms in total. The van der Waals surface area contributed by atoms with Crippen LogP contribution in [0.25, 0.3) is 11.1 Å². The molecular weight excluding hydrogens is 428 g/mol. The molecule has 32 heavy (non-hydrogen) atoms. The minimum atomic E-state index is -1.17. The van der Waals surface area contributed by atoms with E-state index in [0.717, 1.165) is 22.3 Å². The molecule has 5 N–H and O–H groups in total. The molecule has 3 aromatic rings. The van der Waals surface area contributed by atoms with E-state index in [1.807, 2.05) is 24.3 Å². The van der Waals surface area contributed by atoms with Crippen LogP contribution in [-0.4, -0.2) is 35.6 Å². The van der Waals surface area contributed by atoms with Gasteiger partial charge in [-0.25, -0.2) is 4.79 Å². The van der Waals surface area contributed by atoms with E-state index >= 15 is 0 Å². The molecule has 0 radical (unpaired) electrons. The summed E-state index contributed by atoms with van der Waals surface area (Å²) in [5.41, 5.74) is 11.2. The average molecular weight is 453 g/mol. The largest absolute Gasteiger partial charge is 0.449 e. The molecule has 1 aliphatic carbocycles. The number of aliphatic hydroxyl groups excluding tert-OH is 2. The predicted octanol–water partition coefficient (Wildman–Crippen LogP) is 4.25. The van der Waals surface area contributed by atoms with Crippen molar-refractivity contribution in [2.24, 2.45) is 0 Å². The van der Waals surface area contributed by atoms with E-state index in [2.05, 4.69) is 29.6 Å². The van der Waals surface area contributed by atoms with Gasteiger partial charge in [-0.1, -0.05) is 60.1 Å². The number of aliphatic hydroxyl groups is 2. The van der Waals surface area contributed by atoms with Crippen LogP contribution in [0.4, 0.5) is 10.5 Å². The molecule has 0 spiro atoms. The average Bonchev–Trinajstić information content (AvgIpc) is 3.10. The van der Waals surface area contributed by atoms with Gasteiger partial charge < -0.3 is 26.0 Å². The molecule has 166 valence electrons. The predicted molar refractivity (Wildman–Crippen MR) is 125 cm³/mol. The van der Waals surface area contributed by atoms with Crippen molar-refractivity contribution in [1.29, 1.82) is 0 Å². The monoisotopic (exact) mass is 452 g/mol. The summed E-state index contributed by atoms with van der Waals surface area (Å²) in [6, 6.07) is 20.9. The van der Waals surface area contributed by atoms with E-state index in [1.165, 1.54) is 0 Å². The summed E-state index contributed by atoms with van der Waals surface area (Å²) in [6.45, 7) is 0.359. The highest BCUT2D eigenvalue weighted by atomic mass is 35.5. The van der Waals surface area contributed by atoms with Crippen LogP contribution in [0.2, 0.25) is 5.02 Å². The second-order valence-corrected chi connectivity index (χ2v) is 8.31. The second kappa shape index (κ2) is 9.61. The summed E-state index contributed by atoms with van der Waals surface area (Å²) >= 11 is 5.95. The topological polar surface area (TPSA) is 105 Å². The van der Waals surface area contributed by atoms with Crippen molar-refractivity contribution in [3.8, 4) is 11.1 Å². The van der Waals surface area contributed by atoms with Crippen LogP contribution in [0, 0.1) is 0 Å². The quantitative estimate of drug-likeness (QED) is 0.401. The lowest BCUT2D eigenvalue weighted by Crippen LogP contribution is -2.30. The fourth-order valence-electron chi connectivity index (χ4n) is 4.16. The number of carbonyl (C=O) groups is 1. The Morgan fingerprint density at radius 1 is 1.03 bits per heavy atom. The summed E-state index contributed by atoms with van der Waals surface area (Å²) in [4.78, 5) is 12.2. The maximum Gasteiger partial charge on any atom is 0.407 e. The molecule has 0 aromatic heterocycles. The first-order valence-electron chi connectivity index (χ1n) is 10.4. The number of nitrogen functional groups attached to an aromatic ring is 1. The standard InChI is InChI=1S/C25H25ClN2O4/c26-16-11-15(12-17(27)13-16)24(30)23(29)9-10-28-25(31)32-14-22-20-7-3-1-5-18(20)19-6-2-4-8-21(19)22/h1-8,11-13,22-24,29-30H,9-10,14,27H2,(H,28,31). The minimum absolute atomic E-state index is 0.0196. The van der Waals surface area contributed by atoms with Gasteiger partial charge in [0.25, 0.3) is 0 Å². The van der Waals surface area contributed by atoms with Gasteiger partial charge in [0, 0.05) is 23.2 Å². The Balaban J connectivity index is 1.29. The lowest BCUT2D eigenvalue weighted by molar-refractivity contribution is 0.0137. The van der Waals surface area contributed by atoms with E-state index in [0.29, 0.717) is 16.3 Å². The fourth-order valence-corrected chi connectivity index (χ4v) is 4.41. The number of carbonyl (C=O) groups excluding carboxylic acids is 1. The number of amides is 1. The number of hydrogen-bond acceptors (Lipinski definition) is 5. The molecule has 0 aliphatic heterocycles. The first-order valence-corrected chi connectivity index (χ1v) is 10.8. The Kier molecular flexibility index (Phi) is 6.65. The fraction of sp³-hybridized carbons (Fsp3) is 0.240. The van der Waals surface area contributed by atoms with E-state index in [-0.39, 0.29) is 25.5 Å². The van der Waals surface area contributed by atoms with Crippen molar-refractivity contribution >= 4 is 23.4 Å². The van der Waals surface area contributed by atoms with E-state index in [1.54, 1.807) is 18.2 Å². The summed E-state index contributed by atoms with van der Waals surface area (Å²) in [5.74, 6) is -0.0196. The third-order valence-corrected chi connectivity index (χ3v) is 5.92. The van der Waals surface area contributed by atoms with Crippen molar-refractivity contribution in [3.05, 3.63) is 88.4 Å². The summed E-state index contributed by atoms with van der Waals surface area (Å²) in [6.07, 6.45) is -2.69. The molecule has 1 amide bonds. The van der Waals surface area contributed by atoms with Crippen molar-refractivity contribution in [3.63, 3.8) is 0 Å². The highest BCUT2D eigenvalue weighted by Gasteiger charge is 2.29. The highest BCUT2D eigenvalue weighted by Crippen LogP contribution is 2.44. The molecule has 1 aliphatic rings. The van der Waals surface area contributed by atoms with Crippen LogP contribution in [-0.2, 0) is 4.74 Å². The lowest BCUT2D eigenvalue weighted by atomic mass is 9.98. The Bertz CT molecular complexity index is 1050. The Labute approximate surface area is 191 Å². The van der Waals surface area contributed by atoms with E-state index in [9.17, 15) is 15.0 Å². The lowest BCUT2D eigenvalue weighted by Gasteiger charge is -2.19. The molecule has 0 saturated carbocycles. The van der Waals surface area contributed by atoms with Gasteiger partial charge in [0.2, 0.25) is 0 Å². The van der Waals surface area contributed by atoms with Gasteiger partial charge in [-0.05, 0) is 52.4 Å². The summed E-state index contributed by atoms with van der Waals surface area (Å²) in [7, 11) is 0. The number of benzene rings is 3. The first-order chi connectivity index (χ1) is 15.4. The maximum absolute atomic E-state index is 12.2. The Morgan fingerprint density at radius 2 is 1.66 bits per heavy atom. The SMILES string of the molecule is Nc1cc(Cl)cc(C(O)C(O)CCNC(=O)OCC2c3ccccc3-c3ccccc32)c1. The molecule has 3 aromatic carbocycles. The zero-order valence-corrected chi connectivity index (χ0v) is 18.1. The molecule has 0 heterocycles. The van der Waals surface area contributed by atoms with Gasteiger partial charge in [0.15, 0.2) is 0 Å². The normalized spacial score (nSPS) is 14.3. The number of nitrogens with one attached hydrogen (secondary N) is 1. The van der Waals surface area contributed by atoms with Crippen LogP contribution in [0.5, 0.6) is 0 Å². The molecule has 0 bridgehead atoms. The summed E-state index contributed by atoms with van der Waals surface area (Å²) in [5, 5.41) is 23.6. The van der Waals surface area contributed by atoms with Crippen LogP contribution >= 0.6 is 11.6 Å². The third-order valence-electron chi connectivity index (χ3n) is 5.70. The number of ether oxygens (including phenoxy) is 1. The van der Waals surface area contributed by atoms with Crippen molar-refractivity contribution in [2.75, 3.05) is 18.9 Å². The molecule has 2 unspecified atom stereocenters. The number of alkyl carbamates (subject to hydrolysis) is 1. The second-order valence-electron chi connectivity index (χ2n) is 7.87. The molecule has 0 saturated heterocycles. The smallest absolute Gasteiger partial charge is 0.407 e. The van der Waals surface area contributed by atoms with Gasteiger partial charge >= 0.3 is 6.09 Å². The number of fused-ring (bicyclic) bond motifs is 3. The zero-order chi connectivity index (χ0) is 22.7. The molecular formula is C25H25ClN2O4. The number of nitrogens with two attached hydrogens (primary N) is 1. The molecule has 7 heteroatoms. The third kappa shape index (κ3) is 4.72. The van der Waals surface area contributed by atoms with Gasteiger partial charge in [-0.2, -0.15) is 0 Å². The molecule has 4 rings (SSSR count). The number of anilines is 1. The van der Waals surface area contributed by atoms with Crippen LogP contribution in [0.15, 0.2) is 66.7 Å². The van der Waals surface area contributed by atoms with E-state index in [4.69, 9.17) is 22.1 Å². The maximum atomic E-state index is 12.2. The van der Waals surface area contributed by atoms with Crippen molar-refractivity contribution < 1.29 is 19.7 Å². The van der Waals surface area contributed by atoms with Crippen LogP contribution in [0.3, 0.4) is 0 Å². The highest BCUT2D eigenvalue weighted by molar-refractivity contribution is 6.30. The van der Waals surface area contributed by atoms with Gasteiger partial charge in [0.05, 0.1) is 6.10 Å². The number of halogens is 1. The van der Waals surface area contributed by atoms with E-state index < -0.39 is 18.3 Å². The van der Waals surface area contributed by atoms with Gasteiger partial charge in [-0.3, -0.25) is 0 Å². The number of rotatable bonds is 7. The van der Waals surface area contributed by atoms with Gasteiger partial charge in [0.1, 0.15) is 12.7 Å². The summed E-state index contributed by atoms with van der Waals surface area (Å²) < 4.78 is 5.47. The molecule has 0 fully saturated rings. The minimum Gasteiger partial charge on any atom is -0.449 e. The van der Waals surface area contributed by atoms with Crippen molar-refractivity contribution in [2.45, 2.75) is 24.5 Å². The molecule has 2 atom stereocenters. The number of hydrogen-bond donors (Lipinski definition) is 4. The van der Waals surface area contributed by atoms with Crippen LogP contribution in [0.1, 0.15) is 35.1 Å². The van der Waals surface area contributed by atoms with Crippen molar-refractivity contribution in [1.82, 2.24) is 5.32 Å². The zero-order valence-electron chi connectivity index (χ0n) is 17.4. The van der Waals surface area contributed by atoms with Crippen LogP contribution < -0.4 is 11.1 Å².